The first-order chi connectivity index (χ1) is 14.5. The van der Waals surface area contributed by atoms with Gasteiger partial charge in [-0.25, -0.2) is 0 Å². The smallest absolute Gasteiger partial charge is 2.00 e. The third kappa shape index (κ3) is 9270. The predicted octanol–water partition coefficient (Wildman–Crippen LogP) is 5.50. The van der Waals surface area contributed by atoms with E-state index >= 15 is 0 Å². The van der Waals surface area contributed by atoms with Gasteiger partial charge in [0.15, 0.2) is 0 Å². The van der Waals surface area contributed by atoms with Crippen molar-refractivity contribution in [3.8, 4) is 0 Å². The summed E-state index contributed by atoms with van der Waals surface area (Å²) in [6.45, 7) is 0. The first-order valence-corrected chi connectivity index (χ1v) is 9.13. The maximum Gasteiger partial charge on any atom is 4.00 e. The fraction of sp³-hybridized carbons (Fsp3) is 1.00. The van der Waals surface area contributed by atoms with Crippen molar-refractivity contribution >= 4 is 0 Å². The van der Waals surface area contributed by atoms with E-state index in [0.717, 1.165) is 5.06 Å². The van der Waals surface area contributed by atoms with Crippen LogP contribution in [0.3, 0.4) is 0 Å². The van der Waals surface area contributed by atoms with E-state index < -0.39 is 0 Å². The van der Waals surface area contributed by atoms with E-state index in [1.165, 1.54) is 14.1 Å². The molecule has 15 heteroatoms. The number of hydroxylamine groups is 2. The molecule has 0 atom stereocenters. The molecular formula is C20H60Hf3N10O2. The van der Waals surface area contributed by atoms with Gasteiger partial charge in [-0.05, 0) is 14.1 Å². The van der Waals surface area contributed by atoms with Crippen molar-refractivity contribution in [2.45, 2.75) is 0 Å². The maximum absolute atomic E-state index is 9.36. The molecule has 0 aliphatic carbocycles. The van der Waals surface area contributed by atoms with Crippen LogP contribution in [0.4, 0.5) is 0 Å². The summed E-state index contributed by atoms with van der Waals surface area (Å²) in [4.78, 5) is 0. The second-order valence-corrected chi connectivity index (χ2v) is 4.84. The average Bonchev–Trinajstić information content (AvgIpc) is 2.60. The minimum Gasteiger partial charge on any atom is -2.00 e. The third-order valence-corrected chi connectivity index (χ3v) is 0. The molecule has 0 fully saturated rings. The van der Waals surface area contributed by atoms with Crippen molar-refractivity contribution in [1.29, 1.82) is 0 Å². The minimum atomic E-state index is 0. The standard InChI is InChI=1S/C2H6NO.9C2H6N.3Hf.O/c1-3(2)4;9*1-3-2;;;;/h1-2H3;9*1-2H3;;;;/q10*-1;3*+4;-2. The number of hydrogen-bond donors (Lipinski definition) is 0. The van der Waals surface area contributed by atoms with Gasteiger partial charge in [-0.3, -0.25) is 0 Å². The number of rotatable bonds is 0. The summed E-state index contributed by atoms with van der Waals surface area (Å²) in [6.07, 6.45) is 0. The molecule has 0 saturated heterocycles. The molecule has 35 heavy (non-hydrogen) atoms. The summed E-state index contributed by atoms with van der Waals surface area (Å²) in [5.74, 6) is 0. The van der Waals surface area contributed by atoms with Gasteiger partial charge in [0.2, 0.25) is 0 Å². The zero-order valence-corrected chi connectivity index (χ0v) is 37.6. The molecule has 0 unspecified atom stereocenters. The van der Waals surface area contributed by atoms with Crippen molar-refractivity contribution < 1.29 is 83.0 Å². The number of hydrogen-bond acceptors (Lipinski definition) is 2. The quantitative estimate of drug-likeness (QED) is 0.230. The monoisotopic (exact) mass is 1010 g/mol. The van der Waals surface area contributed by atoms with Crippen LogP contribution in [0, 0.1) is 5.21 Å². The summed E-state index contributed by atoms with van der Waals surface area (Å²) in [6, 6.07) is 0. The van der Waals surface area contributed by atoms with Gasteiger partial charge in [0.05, 0.1) is 0 Å². The summed E-state index contributed by atoms with van der Waals surface area (Å²) in [7, 11) is 34.4. The van der Waals surface area contributed by atoms with Crippen LogP contribution in [0.5, 0.6) is 0 Å². The summed E-state index contributed by atoms with van der Waals surface area (Å²) >= 11 is 0. The predicted molar refractivity (Wildman–Crippen MR) is 155 cm³/mol. The molecular weight excluding hydrogens is 948 g/mol. The van der Waals surface area contributed by atoms with Crippen LogP contribution in [0.15, 0.2) is 0 Å². The van der Waals surface area contributed by atoms with E-state index in [9.17, 15) is 5.21 Å². The van der Waals surface area contributed by atoms with Crippen LogP contribution in [0.25, 0.3) is 47.9 Å². The molecule has 0 saturated carbocycles. The largest absolute Gasteiger partial charge is 4.00 e. The first kappa shape index (κ1) is 90.6. The van der Waals surface area contributed by atoms with Gasteiger partial charge in [-0.1, -0.05) is 0 Å². The van der Waals surface area contributed by atoms with Gasteiger partial charge >= 0.3 is 77.5 Å². The number of nitrogens with zero attached hydrogens (tertiary/aromatic N) is 10. The molecule has 0 spiro atoms. The van der Waals surface area contributed by atoms with E-state index in [4.69, 9.17) is 0 Å². The summed E-state index contributed by atoms with van der Waals surface area (Å²) in [5.41, 5.74) is 0. The zero-order valence-electron chi connectivity index (χ0n) is 26.8. The summed E-state index contributed by atoms with van der Waals surface area (Å²) in [5, 5.41) is 41.6. The normalized spacial score (nSPS) is 5.66. The molecule has 0 aromatic rings. The van der Waals surface area contributed by atoms with Gasteiger partial charge in [0, 0.05) is 0 Å². The van der Waals surface area contributed by atoms with Gasteiger partial charge < -0.3 is 63.6 Å². The third-order valence-electron chi connectivity index (χ3n) is 0. The second-order valence-electron chi connectivity index (χ2n) is 4.84. The Morgan fingerprint density at radius 3 is 0.314 bits per heavy atom. The van der Waals surface area contributed by atoms with Gasteiger partial charge in [0.1, 0.15) is 0 Å². The molecule has 0 rings (SSSR count). The zero-order chi connectivity index (χ0) is 27.9. The molecule has 12 nitrogen and oxygen atoms in total. The van der Waals surface area contributed by atoms with Crippen molar-refractivity contribution in [2.24, 2.45) is 0 Å². The Balaban J connectivity index is -0.0000000115. The molecule has 0 radical (unpaired) electrons. The fourth-order valence-corrected chi connectivity index (χ4v) is 0. The molecule has 0 aromatic heterocycles. The Labute approximate surface area is 279 Å². The van der Waals surface area contributed by atoms with Crippen LogP contribution in [-0.4, -0.2) is 146 Å². The van der Waals surface area contributed by atoms with Gasteiger partial charge in [-0.2, -0.15) is 127 Å². The van der Waals surface area contributed by atoms with E-state index in [1.54, 1.807) is 127 Å². The Morgan fingerprint density at radius 1 is 0.314 bits per heavy atom. The Morgan fingerprint density at radius 2 is 0.314 bits per heavy atom. The molecule has 214 valence electrons. The van der Waals surface area contributed by atoms with E-state index in [-0.39, 0.29) is 83.0 Å². The van der Waals surface area contributed by atoms with Crippen LogP contribution >= 0.6 is 0 Å². The molecule has 0 N–H and O–H groups in total. The fourth-order valence-electron chi connectivity index (χ4n) is 0. The van der Waals surface area contributed by atoms with Crippen LogP contribution < -0.4 is 0 Å². The second kappa shape index (κ2) is 223. The van der Waals surface area contributed by atoms with E-state index in [1.807, 2.05) is 0 Å². The van der Waals surface area contributed by atoms with E-state index in [2.05, 4.69) is 47.9 Å². The van der Waals surface area contributed by atoms with Gasteiger partial charge in [0.25, 0.3) is 0 Å². The molecule has 0 heterocycles. The van der Waals surface area contributed by atoms with Crippen molar-refractivity contribution in [2.75, 3.05) is 141 Å². The SMILES string of the molecule is CN(C)[O-].C[N-]C.C[N-]C.C[N-]C.C[N-]C.C[N-]C.C[N-]C.C[N-]C.C[N-]C.C[N-]C.[Hf+4].[Hf+4].[Hf+4].[O-2]. The van der Waals surface area contributed by atoms with Gasteiger partial charge in [-0.15, -0.1) is 0 Å². The van der Waals surface area contributed by atoms with Crippen LogP contribution in [0.2, 0.25) is 0 Å². The summed E-state index contributed by atoms with van der Waals surface area (Å²) < 4.78 is 0. The molecule has 0 aliphatic rings. The molecule has 0 bridgehead atoms. The maximum atomic E-state index is 9.36. The van der Waals surface area contributed by atoms with E-state index in [0.29, 0.717) is 0 Å². The van der Waals surface area contributed by atoms with Crippen molar-refractivity contribution in [1.82, 2.24) is 5.06 Å². The Hall–Kier alpha value is 2.13. The molecule has 0 amide bonds. The average molecular weight is 1010 g/mol. The Kier molecular flexibility index (Phi) is 578. The Bertz CT molecular complexity index is 106. The van der Waals surface area contributed by atoms with Crippen molar-refractivity contribution in [3.05, 3.63) is 53.1 Å². The molecule has 0 aromatic carbocycles. The molecule has 0 aliphatic heterocycles. The van der Waals surface area contributed by atoms with Crippen molar-refractivity contribution in [3.63, 3.8) is 0 Å². The minimum absolute atomic E-state index is 0. The van der Waals surface area contributed by atoms with Crippen LogP contribution in [0.1, 0.15) is 0 Å². The first-order valence-electron chi connectivity index (χ1n) is 9.13. The van der Waals surface area contributed by atoms with Crippen LogP contribution in [-0.2, 0) is 83.0 Å². The topological polar surface area (TPSA) is 182 Å².